The van der Waals surface area contributed by atoms with Gasteiger partial charge in [-0.25, -0.2) is 0 Å². The SMILES string of the molecule is O=C(COc1ccc(Cl)cc1)N(Cc1ccccc1)Cc1cccn1Cc1cccc(C(F)(F)F)c1. The van der Waals surface area contributed by atoms with Crippen molar-refractivity contribution in [3.63, 3.8) is 0 Å². The zero-order valence-electron chi connectivity index (χ0n) is 19.3. The summed E-state index contributed by atoms with van der Waals surface area (Å²) >= 11 is 5.91. The number of carbonyl (C=O) groups excluding carboxylic acids is 1. The van der Waals surface area contributed by atoms with E-state index < -0.39 is 11.7 Å². The van der Waals surface area contributed by atoms with Gasteiger partial charge < -0.3 is 14.2 Å². The maximum atomic E-state index is 13.2. The minimum Gasteiger partial charge on any atom is -0.484 e. The molecule has 36 heavy (non-hydrogen) atoms. The van der Waals surface area contributed by atoms with Gasteiger partial charge in [-0.2, -0.15) is 13.2 Å². The van der Waals surface area contributed by atoms with E-state index in [4.69, 9.17) is 16.3 Å². The Kier molecular flexibility index (Phi) is 8.00. The number of halogens is 4. The number of carbonyl (C=O) groups is 1. The fraction of sp³-hybridized carbons (Fsp3) is 0.179. The van der Waals surface area contributed by atoms with E-state index in [1.165, 1.54) is 6.07 Å². The van der Waals surface area contributed by atoms with Crippen molar-refractivity contribution in [2.24, 2.45) is 0 Å². The second-order valence-corrected chi connectivity index (χ2v) is 8.74. The highest BCUT2D eigenvalue weighted by molar-refractivity contribution is 6.30. The summed E-state index contributed by atoms with van der Waals surface area (Å²) in [5.74, 6) is 0.306. The van der Waals surface area contributed by atoms with Gasteiger partial charge in [0, 0.05) is 30.0 Å². The Labute approximate surface area is 212 Å². The third-order valence-corrected chi connectivity index (χ3v) is 5.88. The minimum atomic E-state index is -4.40. The van der Waals surface area contributed by atoms with Crippen LogP contribution in [0.4, 0.5) is 13.2 Å². The minimum absolute atomic E-state index is 0.164. The molecule has 0 N–H and O–H groups in total. The molecular formula is C28H24ClF3N2O2. The van der Waals surface area contributed by atoms with Crippen molar-refractivity contribution in [2.45, 2.75) is 25.8 Å². The molecular weight excluding hydrogens is 489 g/mol. The monoisotopic (exact) mass is 512 g/mol. The highest BCUT2D eigenvalue weighted by Gasteiger charge is 2.30. The predicted octanol–water partition coefficient (Wildman–Crippen LogP) is 6.82. The van der Waals surface area contributed by atoms with Gasteiger partial charge in [-0.05, 0) is 59.7 Å². The van der Waals surface area contributed by atoms with Gasteiger partial charge in [-0.3, -0.25) is 4.79 Å². The standard InChI is InChI=1S/C28H24ClF3N2O2/c29-24-11-13-26(14-12-24)36-20-27(35)34(17-21-6-2-1-3-7-21)19-25-10-5-15-33(25)18-22-8-4-9-23(16-22)28(30,31)32/h1-16H,17-20H2. The van der Waals surface area contributed by atoms with Crippen LogP contribution < -0.4 is 4.74 Å². The van der Waals surface area contributed by atoms with Gasteiger partial charge in [0.2, 0.25) is 0 Å². The highest BCUT2D eigenvalue weighted by atomic mass is 35.5. The molecule has 0 saturated heterocycles. The van der Waals surface area contributed by atoms with Crippen molar-refractivity contribution < 1.29 is 22.7 Å². The van der Waals surface area contributed by atoms with Crippen molar-refractivity contribution in [3.05, 3.63) is 125 Å². The Balaban J connectivity index is 1.51. The van der Waals surface area contributed by atoms with Crippen LogP contribution in [0.1, 0.15) is 22.4 Å². The first kappa shape index (κ1) is 25.4. The Hall–Kier alpha value is -3.71. The smallest absolute Gasteiger partial charge is 0.416 e. The number of alkyl halides is 3. The molecule has 4 nitrogen and oxygen atoms in total. The third-order valence-electron chi connectivity index (χ3n) is 5.63. The summed E-state index contributed by atoms with van der Waals surface area (Å²) < 4.78 is 46.9. The molecule has 0 aliphatic rings. The largest absolute Gasteiger partial charge is 0.484 e. The van der Waals surface area contributed by atoms with Crippen LogP contribution in [-0.2, 0) is 30.6 Å². The van der Waals surface area contributed by atoms with Crippen LogP contribution in [0.25, 0.3) is 0 Å². The van der Waals surface area contributed by atoms with E-state index in [9.17, 15) is 18.0 Å². The van der Waals surface area contributed by atoms with Crippen molar-refractivity contribution in [1.82, 2.24) is 9.47 Å². The predicted molar refractivity (Wildman–Crippen MR) is 133 cm³/mol. The van der Waals surface area contributed by atoms with Crippen LogP contribution in [0.15, 0.2) is 97.2 Å². The van der Waals surface area contributed by atoms with Crippen LogP contribution in [-0.4, -0.2) is 22.0 Å². The normalized spacial score (nSPS) is 11.3. The van der Waals surface area contributed by atoms with Gasteiger partial charge in [0.15, 0.2) is 6.61 Å². The molecule has 4 aromatic rings. The zero-order valence-corrected chi connectivity index (χ0v) is 20.0. The van der Waals surface area contributed by atoms with E-state index in [0.29, 0.717) is 22.9 Å². The number of hydrogen-bond donors (Lipinski definition) is 0. The maximum absolute atomic E-state index is 13.2. The lowest BCUT2D eigenvalue weighted by molar-refractivity contribution is -0.137. The molecule has 0 atom stereocenters. The number of amides is 1. The molecule has 0 fully saturated rings. The fourth-order valence-corrected chi connectivity index (χ4v) is 3.91. The van der Waals surface area contributed by atoms with Gasteiger partial charge >= 0.3 is 6.18 Å². The van der Waals surface area contributed by atoms with E-state index in [1.807, 2.05) is 47.0 Å². The first-order valence-corrected chi connectivity index (χ1v) is 11.7. The molecule has 0 saturated carbocycles. The summed E-state index contributed by atoms with van der Waals surface area (Å²) in [6.45, 7) is 0.714. The summed E-state index contributed by atoms with van der Waals surface area (Å²) in [6, 6.07) is 25.3. The number of hydrogen-bond acceptors (Lipinski definition) is 2. The first-order valence-electron chi connectivity index (χ1n) is 11.3. The van der Waals surface area contributed by atoms with Crippen LogP contribution in [0.3, 0.4) is 0 Å². The van der Waals surface area contributed by atoms with E-state index >= 15 is 0 Å². The Bertz CT molecular complexity index is 1290. The Morgan fingerprint density at radius 3 is 2.31 bits per heavy atom. The lowest BCUT2D eigenvalue weighted by Gasteiger charge is -2.24. The molecule has 1 amide bonds. The van der Waals surface area contributed by atoms with Gasteiger partial charge in [0.1, 0.15) is 5.75 Å². The van der Waals surface area contributed by atoms with Crippen molar-refractivity contribution in [3.8, 4) is 5.75 Å². The lowest BCUT2D eigenvalue weighted by Crippen LogP contribution is -2.34. The lowest BCUT2D eigenvalue weighted by atomic mass is 10.1. The molecule has 186 valence electrons. The summed E-state index contributed by atoms with van der Waals surface area (Å²) in [4.78, 5) is 14.8. The topological polar surface area (TPSA) is 34.5 Å². The summed E-state index contributed by atoms with van der Waals surface area (Å²) in [6.07, 6.45) is -2.61. The number of ether oxygens (including phenoxy) is 1. The highest BCUT2D eigenvalue weighted by Crippen LogP contribution is 2.30. The van der Waals surface area contributed by atoms with Crippen LogP contribution in [0.2, 0.25) is 5.02 Å². The summed E-state index contributed by atoms with van der Waals surface area (Å²) in [5, 5.41) is 0.570. The van der Waals surface area contributed by atoms with Crippen LogP contribution in [0, 0.1) is 0 Å². The molecule has 3 aromatic carbocycles. The van der Waals surface area contributed by atoms with E-state index in [1.54, 1.807) is 41.4 Å². The van der Waals surface area contributed by atoms with Crippen molar-refractivity contribution in [1.29, 1.82) is 0 Å². The van der Waals surface area contributed by atoms with Crippen LogP contribution in [0.5, 0.6) is 5.75 Å². The van der Waals surface area contributed by atoms with Crippen molar-refractivity contribution in [2.75, 3.05) is 6.61 Å². The fourth-order valence-electron chi connectivity index (χ4n) is 3.79. The van der Waals surface area contributed by atoms with E-state index in [-0.39, 0.29) is 25.6 Å². The molecule has 0 bridgehead atoms. The number of nitrogens with zero attached hydrogens (tertiary/aromatic N) is 2. The zero-order chi connectivity index (χ0) is 25.5. The van der Waals surface area contributed by atoms with E-state index in [2.05, 4.69) is 0 Å². The molecule has 1 aromatic heterocycles. The second kappa shape index (κ2) is 11.4. The van der Waals surface area contributed by atoms with Gasteiger partial charge in [0.05, 0.1) is 12.1 Å². The molecule has 1 heterocycles. The van der Waals surface area contributed by atoms with Gasteiger partial charge in [0.25, 0.3) is 5.91 Å². The maximum Gasteiger partial charge on any atom is 0.416 e. The number of rotatable bonds is 9. The van der Waals surface area contributed by atoms with E-state index in [0.717, 1.165) is 23.4 Å². The Morgan fingerprint density at radius 1 is 0.861 bits per heavy atom. The average Bonchev–Trinajstić information content (AvgIpc) is 3.29. The average molecular weight is 513 g/mol. The molecule has 0 unspecified atom stereocenters. The van der Waals surface area contributed by atoms with Crippen molar-refractivity contribution >= 4 is 17.5 Å². The summed E-state index contributed by atoms with van der Waals surface area (Å²) in [7, 11) is 0. The molecule has 0 aliphatic heterocycles. The number of benzene rings is 3. The van der Waals surface area contributed by atoms with Gasteiger partial charge in [-0.15, -0.1) is 0 Å². The quantitative estimate of drug-likeness (QED) is 0.247. The number of aromatic nitrogens is 1. The van der Waals surface area contributed by atoms with Gasteiger partial charge in [-0.1, -0.05) is 54.1 Å². The molecule has 0 spiro atoms. The summed E-state index contributed by atoms with van der Waals surface area (Å²) in [5.41, 5.74) is 1.58. The first-order chi connectivity index (χ1) is 17.3. The molecule has 0 radical (unpaired) electrons. The van der Waals surface area contributed by atoms with Crippen LogP contribution >= 0.6 is 11.6 Å². The third kappa shape index (κ3) is 6.92. The Morgan fingerprint density at radius 2 is 1.58 bits per heavy atom. The molecule has 0 aliphatic carbocycles. The molecule has 4 rings (SSSR count). The second-order valence-electron chi connectivity index (χ2n) is 8.30. The molecule has 8 heteroatoms.